The van der Waals surface area contributed by atoms with E-state index in [0.717, 1.165) is 11.6 Å². The van der Waals surface area contributed by atoms with Crippen molar-refractivity contribution in [1.82, 2.24) is 0 Å². The highest BCUT2D eigenvalue weighted by Crippen LogP contribution is 2.30. The number of rotatable bonds is 7. The van der Waals surface area contributed by atoms with Gasteiger partial charge in [-0.1, -0.05) is 37.3 Å². The minimum atomic E-state index is -3.98. The van der Waals surface area contributed by atoms with Crippen molar-refractivity contribution in [1.29, 1.82) is 0 Å². The van der Waals surface area contributed by atoms with E-state index in [9.17, 15) is 18.5 Å². The number of para-hydroxylation sites is 1. The van der Waals surface area contributed by atoms with Crippen molar-refractivity contribution < 1.29 is 13.3 Å². The average Bonchev–Trinajstić information content (AvgIpc) is 2.59. The highest BCUT2D eigenvalue weighted by Gasteiger charge is 2.28. The fraction of sp³-hybridized carbons (Fsp3) is 0.222. The Kier molecular flexibility index (Phi) is 5.58. The Morgan fingerprint density at radius 1 is 1.24 bits per heavy atom. The zero-order chi connectivity index (χ0) is 18.6. The first-order chi connectivity index (χ1) is 11.8. The largest absolute Gasteiger partial charge is 0.270 e. The predicted molar refractivity (Wildman–Crippen MR) is 98.4 cm³/mol. The van der Waals surface area contributed by atoms with Gasteiger partial charge in [0.05, 0.1) is 22.1 Å². The lowest BCUT2D eigenvalue weighted by molar-refractivity contribution is -0.385. The van der Waals surface area contributed by atoms with Gasteiger partial charge in [0, 0.05) is 12.1 Å². The van der Waals surface area contributed by atoms with E-state index >= 15 is 0 Å². The zero-order valence-corrected chi connectivity index (χ0v) is 15.0. The molecule has 0 N–H and O–H groups in total. The molecule has 6 nitrogen and oxygen atoms in total. The second-order valence-electron chi connectivity index (χ2n) is 5.51. The van der Waals surface area contributed by atoms with Gasteiger partial charge in [-0.15, -0.1) is 6.58 Å². The number of aryl methyl sites for hydroxylation is 2. The molecule has 2 aromatic rings. The van der Waals surface area contributed by atoms with Crippen LogP contribution in [-0.2, 0) is 16.4 Å². The van der Waals surface area contributed by atoms with Crippen LogP contribution in [0.5, 0.6) is 0 Å². The predicted octanol–water partition coefficient (Wildman–Crippen LogP) is 3.85. The first-order valence-corrected chi connectivity index (χ1v) is 9.23. The van der Waals surface area contributed by atoms with E-state index in [1.54, 1.807) is 19.1 Å². The molecule has 0 spiro atoms. The number of anilines is 1. The number of nitro groups is 1. The molecule has 0 atom stereocenters. The first kappa shape index (κ1) is 18.7. The highest BCUT2D eigenvalue weighted by atomic mass is 32.2. The molecule has 7 heteroatoms. The molecule has 0 aromatic heterocycles. The molecule has 0 saturated heterocycles. The van der Waals surface area contributed by atoms with Crippen LogP contribution in [0.2, 0.25) is 0 Å². The van der Waals surface area contributed by atoms with Crippen molar-refractivity contribution >= 4 is 21.4 Å². The summed E-state index contributed by atoms with van der Waals surface area (Å²) in [5.74, 6) is 0. The minimum absolute atomic E-state index is 0.0709. The Hall–Kier alpha value is -2.67. The monoisotopic (exact) mass is 360 g/mol. The number of hydrogen-bond acceptors (Lipinski definition) is 4. The van der Waals surface area contributed by atoms with Gasteiger partial charge in [0.15, 0.2) is 0 Å². The molecule has 2 rings (SSSR count). The summed E-state index contributed by atoms with van der Waals surface area (Å²) in [5, 5.41) is 11.0. The number of hydrogen-bond donors (Lipinski definition) is 0. The highest BCUT2D eigenvalue weighted by molar-refractivity contribution is 7.92. The second-order valence-corrected chi connectivity index (χ2v) is 7.34. The number of benzene rings is 2. The Morgan fingerprint density at radius 3 is 2.52 bits per heavy atom. The molecule has 0 aliphatic carbocycles. The molecule has 0 unspecified atom stereocenters. The molecule has 2 aromatic carbocycles. The van der Waals surface area contributed by atoms with E-state index in [1.807, 2.05) is 19.1 Å². The molecule has 25 heavy (non-hydrogen) atoms. The standard InChI is InChI=1S/C18H20N2O4S/c1-4-12-19(17-9-7-6-8-15(17)5-2)25(23,24)18-13-16(20(21)22)11-10-14(18)3/h4,6-11,13H,1,5,12H2,2-3H3. The van der Waals surface area contributed by atoms with E-state index in [1.165, 1.54) is 22.5 Å². The molecule has 0 saturated carbocycles. The smallest absolute Gasteiger partial charge is 0.262 e. The molecule has 0 aliphatic rings. The molecular weight excluding hydrogens is 340 g/mol. The van der Waals surface area contributed by atoms with Crippen LogP contribution in [0, 0.1) is 17.0 Å². The van der Waals surface area contributed by atoms with Gasteiger partial charge in [0.1, 0.15) is 0 Å². The van der Waals surface area contributed by atoms with Gasteiger partial charge in [-0.2, -0.15) is 0 Å². The molecule has 0 fully saturated rings. The van der Waals surface area contributed by atoms with Crippen LogP contribution >= 0.6 is 0 Å². The number of nitro benzene ring substituents is 1. The van der Waals surface area contributed by atoms with Crippen LogP contribution < -0.4 is 4.31 Å². The van der Waals surface area contributed by atoms with Crippen molar-refractivity contribution in [2.45, 2.75) is 25.2 Å². The summed E-state index contributed by atoms with van der Waals surface area (Å²) >= 11 is 0. The quantitative estimate of drug-likeness (QED) is 0.427. The zero-order valence-electron chi connectivity index (χ0n) is 14.2. The maximum atomic E-state index is 13.2. The molecule has 0 bridgehead atoms. The Balaban J connectivity index is 2.67. The first-order valence-electron chi connectivity index (χ1n) is 7.79. The fourth-order valence-corrected chi connectivity index (χ4v) is 4.32. The summed E-state index contributed by atoms with van der Waals surface area (Å²) in [6.07, 6.45) is 2.16. The third kappa shape index (κ3) is 3.71. The van der Waals surface area contributed by atoms with Crippen LogP contribution in [0.15, 0.2) is 60.0 Å². The van der Waals surface area contributed by atoms with Crippen LogP contribution in [0.25, 0.3) is 0 Å². The lowest BCUT2D eigenvalue weighted by Crippen LogP contribution is -2.32. The lowest BCUT2D eigenvalue weighted by atomic mass is 10.1. The average molecular weight is 360 g/mol. The molecule has 0 heterocycles. The van der Waals surface area contributed by atoms with E-state index in [0.29, 0.717) is 17.7 Å². The minimum Gasteiger partial charge on any atom is -0.262 e. The SMILES string of the molecule is C=CCN(c1ccccc1CC)S(=O)(=O)c1cc([N+](=O)[O-])ccc1C. The molecule has 132 valence electrons. The molecule has 0 radical (unpaired) electrons. The maximum absolute atomic E-state index is 13.2. The Bertz CT molecular complexity index is 907. The van der Waals surface area contributed by atoms with Crippen LogP contribution in [0.4, 0.5) is 11.4 Å². The summed E-state index contributed by atoms with van der Waals surface area (Å²) in [6, 6.07) is 11.1. The van der Waals surface area contributed by atoms with Crippen LogP contribution in [0.3, 0.4) is 0 Å². The van der Waals surface area contributed by atoms with E-state index in [4.69, 9.17) is 0 Å². The Labute approximate surface area is 147 Å². The van der Waals surface area contributed by atoms with Gasteiger partial charge in [0.25, 0.3) is 15.7 Å². The van der Waals surface area contributed by atoms with Gasteiger partial charge >= 0.3 is 0 Å². The van der Waals surface area contributed by atoms with E-state index < -0.39 is 14.9 Å². The molecule has 0 aliphatic heterocycles. The number of nitrogens with zero attached hydrogens (tertiary/aromatic N) is 2. The van der Waals surface area contributed by atoms with Gasteiger partial charge in [-0.3, -0.25) is 14.4 Å². The van der Waals surface area contributed by atoms with Crippen molar-refractivity contribution in [3.8, 4) is 0 Å². The molecule has 0 amide bonds. The third-order valence-corrected chi connectivity index (χ3v) is 5.81. The second kappa shape index (κ2) is 7.48. The van der Waals surface area contributed by atoms with Gasteiger partial charge < -0.3 is 0 Å². The fourth-order valence-electron chi connectivity index (χ4n) is 2.60. The third-order valence-electron chi connectivity index (χ3n) is 3.89. The summed E-state index contributed by atoms with van der Waals surface area (Å²) in [6.45, 7) is 7.27. The van der Waals surface area contributed by atoms with Crippen molar-refractivity contribution in [3.63, 3.8) is 0 Å². The van der Waals surface area contributed by atoms with Gasteiger partial charge in [-0.25, -0.2) is 8.42 Å². The van der Waals surface area contributed by atoms with E-state index in [-0.39, 0.29) is 17.1 Å². The number of sulfonamides is 1. The maximum Gasteiger partial charge on any atom is 0.270 e. The van der Waals surface area contributed by atoms with Crippen LogP contribution in [-0.4, -0.2) is 19.9 Å². The summed E-state index contributed by atoms with van der Waals surface area (Å²) in [5.41, 5.74) is 1.62. The van der Waals surface area contributed by atoms with Crippen LogP contribution in [0.1, 0.15) is 18.1 Å². The van der Waals surface area contributed by atoms with Crippen molar-refractivity contribution in [2.24, 2.45) is 0 Å². The lowest BCUT2D eigenvalue weighted by Gasteiger charge is -2.26. The van der Waals surface area contributed by atoms with Crippen molar-refractivity contribution in [2.75, 3.05) is 10.8 Å². The van der Waals surface area contributed by atoms with Crippen molar-refractivity contribution in [3.05, 3.63) is 76.4 Å². The van der Waals surface area contributed by atoms with E-state index in [2.05, 4.69) is 6.58 Å². The van der Waals surface area contributed by atoms with Gasteiger partial charge in [0.2, 0.25) is 0 Å². The normalized spacial score (nSPS) is 11.1. The molecular formula is C18H20N2O4S. The summed E-state index contributed by atoms with van der Waals surface area (Å²) in [7, 11) is -3.98. The van der Waals surface area contributed by atoms with Gasteiger partial charge in [-0.05, 0) is 30.5 Å². The topological polar surface area (TPSA) is 80.5 Å². The number of non-ortho nitro benzene ring substituents is 1. The summed E-state index contributed by atoms with van der Waals surface area (Å²) < 4.78 is 27.7. The Morgan fingerprint density at radius 2 is 1.92 bits per heavy atom. The summed E-state index contributed by atoms with van der Waals surface area (Å²) in [4.78, 5) is 10.4.